The molecule has 6 nitrogen and oxygen atoms in total. The fourth-order valence-corrected chi connectivity index (χ4v) is 3.67. The standard InChI is InChI=1S/C20H20N4O2/c25-20(24-12-2-4-17(24)16-3-1-11-21-16)15-9-7-14(8-10-15)19-22-18(23-26-19)13-5-6-13/h1,3,7-11,13,17,21H,2,4-6,12H2/t17-/m0/s1. The second kappa shape index (κ2) is 6.12. The van der Waals surface area contributed by atoms with Crippen LogP contribution in [-0.4, -0.2) is 32.5 Å². The lowest BCUT2D eigenvalue weighted by Crippen LogP contribution is -2.30. The Morgan fingerprint density at radius 1 is 1.15 bits per heavy atom. The molecule has 26 heavy (non-hydrogen) atoms. The summed E-state index contributed by atoms with van der Waals surface area (Å²) in [5.41, 5.74) is 2.64. The largest absolute Gasteiger partial charge is 0.363 e. The maximum absolute atomic E-state index is 13.0. The first-order chi connectivity index (χ1) is 12.8. The Hall–Kier alpha value is -2.89. The second-order valence-corrected chi connectivity index (χ2v) is 7.09. The highest BCUT2D eigenvalue weighted by atomic mass is 16.5. The smallest absolute Gasteiger partial charge is 0.257 e. The first kappa shape index (κ1) is 15.4. The lowest BCUT2D eigenvalue weighted by Gasteiger charge is -2.24. The van der Waals surface area contributed by atoms with Gasteiger partial charge in [0.2, 0.25) is 0 Å². The van der Waals surface area contributed by atoms with Gasteiger partial charge in [0.25, 0.3) is 11.8 Å². The van der Waals surface area contributed by atoms with Gasteiger partial charge in [0.1, 0.15) is 0 Å². The lowest BCUT2D eigenvalue weighted by molar-refractivity contribution is 0.0733. The van der Waals surface area contributed by atoms with Crippen LogP contribution >= 0.6 is 0 Å². The molecule has 1 saturated heterocycles. The summed E-state index contributed by atoms with van der Waals surface area (Å²) in [6.45, 7) is 0.790. The molecule has 3 aromatic rings. The summed E-state index contributed by atoms with van der Waals surface area (Å²) in [5, 5.41) is 4.05. The topological polar surface area (TPSA) is 75.0 Å². The van der Waals surface area contributed by atoms with Crippen LogP contribution in [0.3, 0.4) is 0 Å². The predicted octanol–water partition coefficient (Wildman–Crippen LogP) is 3.92. The van der Waals surface area contributed by atoms with Crippen molar-refractivity contribution in [2.45, 2.75) is 37.6 Å². The van der Waals surface area contributed by atoms with Gasteiger partial charge in [-0.05, 0) is 62.1 Å². The number of H-pyrrole nitrogens is 1. The van der Waals surface area contributed by atoms with E-state index in [0.29, 0.717) is 17.4 Å². The van der Waals surface area contributed by atoms with Crippen LogP contribution in [0.1, 0.15) is 59.5 Å². The number of aromatic nitrogens is 3. The van der Waals surface area contributed by atoms with Crippen molar-refractivity contribution in [3.8, 4) is 11.5 Å². The van der Waals surface area contributed by atoms with Gasteiger partial charge in [0.15, 0.2) is 5.82 Å². The van der Waals surface area contributed by atoms with Crippen LogP contribution < -0.4 is 0 Å². The summed E-state index contributed by atoms with van der Waals surface area (Å²) < 4.78 is 5.36. The van der Waals surface area contributed by atoms with E-state index in [1.165, 1.54) is 0 Å². The number of nitrogens with zero attached hydrogens (tertiary/aromatic N) is 3. The highest BCUT2D eigenvalue weighted by Gasteiger charge is 2.31. The summed E-state index contributed by atoms with van der Waals surface area (Å²) in [7, 11) is 0. The Bertz CT molecular complexity index is 910. The zero-order valence-corrected chi connectivity index (χ0v) is 14.4. The minimum atomic E-state index is 0.0675. The van der Waals surface area contributed by atoms with Gasteiger partial charge in [-0.25, -0.2) is 0 Å². The monoisotopic (exact) mass is 348 g/mol. The second-order valence-electron chi connectivity index (χ2n) is 7.09. The van der Waals surface area contributed by atoms with E-state index in [0.717, 1.165) is 49.3 Å². The van der Waals surface area contributed by atoms with Gasteiger partial charge in [-0.15, -0.1) is 0 Å². The van der Waals surface area contributed by atoms with Gasteiger partial charge >= 0.3 is 0 Å². The molecular formula is C20H20N4O2. The molecule has 0 radical (unpaired) electrons. The molecule has 132 valence electrons. The van der Waals surface area contributed by atoms with E-state index in [4.69, 9.17) is 4.52 Å². The number of hydrogen-bond donors (Lipinski definition) is 1. The molecule has 0 unspecified atom stereocenters. The third-order valence-electron chi connectivity index (χ3n) is 5.26. The number of benzene rings is 1. The molecule has 2 aliphatic rings. The molecule has 5 rings (SSSR count). The van der Waals surface area contributed by atoms with E-state index < -0.39 is 0 Å². The Balaban J connectivity index is 1.35. The van der Waals surface area contributed by atoms with Crippen molar-refractivity contribution < 1.29 is 9.32 Å². The average Bonchev–Trinajstić information content (AvgIpc) is 3.13. The molecular weight excluding hydrogens is 328 g/mol. The molecule has 1 aliphatic carbocycles. The van der Waals surface area contributed by atoms with Gasteiger partial charge in [-0.2, -0.15) is 4.98 Å². The SMILES string of the molecule is O=C(c1ccc(-c2nc(C3CC3)no2)cc1)N1CCC[C@H]1c1ccc[nH]1. The third-order valence-corrected chi connectivity index (χ3v) is 5.26. The fourth-order valence-electron chi connectivity index (χ4n) is 3.67. The van der Waals surface area contributed by atoms with E-state index in [-0.39, 0.29) is 11.9 Å². The van der Waals surface area contributed by atoms with Gasteiger partial charge in [0, 0.05) is 35.5 Å². The van der Waals surface area contributed by atoms with Crippen LogP contribution in [0.2, 0.25) is 0 Å². The number of carbonyl (C=O) groups excluding carboxylic acids is 1. The zero-order valence-electron chi connectivity index (χ0n) is 14.4. The molecule has 6 heteroatoms. The van der Waals surface area contributed by atoms with Crippen LogP contribution in [-0.2, 0) is 0 Å². The van der Waals surface area contributed by atoms with Crippen molar-refractivity contribution in [2.75, 3.05) is 6.54 Å². The minimum absolute atomic E-state index is 0.0675. The van der Waals surface area contributed by atoms with Crippen LogP contribution in [0.5, 0.6) is 0 Å². The molecule has 1 atom stereocenters. The molecule has 2 fully saturated rings. The first-order valence-corrected chi connectivity index (χ1v) is 9.18. The molecule has 1 amide bonds. The first-order valence-electron chi connectivity index (χ1n) is 9.18. The summed E-state index contributed by atoms with van der Waals surface area (Å²) in [6, 6.07) is 11.6. The van der Waals surface area contributed by atoms with E-state index in [1.807, 2.05) is 47.5 Å². The number of rotatable bonds is 4. The van der Waals surface area contributed by atoms with E-state index in [9.17, 15) is 4.79 Å². The fraction of sp³-hybridized carbons (Fsp3) is 0.350. The molecule has 2 aromatic heterocycles. The molecule has 0 bridgehead atoms. The molecule has 1 aliphatic heterocycles. The Labute approximate surface area is 151 Å². The van der Waals surface area contributed by atoms with Crippen molar-refractivity contribution >= 4 is 5.91 Å². The van der Waals surface area contributed by atoms with E-state index in [2.05, 4.69) is 15.1 Å². The number of likely N-dealkylation sites (tertiary alicyclic amines) is 1. The van der Waals surface area contributed by atoms with Crippen LogP contribution in [0.25, 0.3) is 11.5 Å². The maximum atomic E-state index is 13.0. The number of hydrogen-bond acceptors (Lipinski definition) is 4. The number of aromatic amines is 1. The Morgan fingerprint density at radius 2 is 2.00 bits per heavy atom. The Kier molecular flexibility index (Phi) is 3.62. The normalized spacial score (nSPS) is 19.8. The molecule has 0 spiro atoms. The number of amides is 1. The summed E-state index contributed by atoms with van der Waals surface area (Å²) in [4.78, 5) is 22.6. The summed E-state index contributed by atoms with van der Waals surface area (Å²) in [6.07, 6.45) is 6.22. The van der Waals surface area contributed by atoms with Crippen molar-refractivity contribution in [1.29, 1.82) is 0 Å². The van der Waals surface area contributed by atoms with Crippen molar-refractivity contribution in [3.63, 3.8) is 0 Å². The van der Waals surface area contributed by atoms with Crippen molar-refractivity contribution in [3.05, 3.63) is 59.7 Å². The molecule has 3 heterocycles. The summed E-state index contributed by atoms with van der Waals surface area (Å²) in [5.74, 6) is 1.86. The molecule has 1 aromatic carbocycles. The molecule has 1 saturated carbocycles. The molecule has 1 N–H and O–H groups in total. The minimum Gasteiger partial charge on any atom is -0.363 e. The quantitative estimate of drug-likeness (QED) is 0.775. The zero-order chi connectivity index (χ0) is 17.5. The van der Waals surface area contributed by atoms with E-state index >= 15 is 0 Å². The van der Waals surface area contributed by atoms with Crippen molar-refractivity contribution in [1.82, 2.24) is 20.0 Å². The van der Waals surface area contributed by atoms with Crippen LogP contribution in [0.4, 0.5) is 0 Å². The number of nitrogens with one attached hydrogen (secondary N) is 1. The highest BCUT2D eigenvalue weighted by molar-refractivity contribution is 5.95. The summed E-state index contributed by atoms with van der Waals surface area (Å²) >= 11 is 0. The number of carbonyl (C=O) groups is 1. The van der Waals surface area contributed by atoms with E-state index in [1.54, 1.807) is 0 Å². The van der Waals surface area contributed by atoms with Gasteiger partial charge < -0.3 is 14.4 Å². The van der Waals surface area contributed by atoms with Crippen LogP contribution in [0, 0.1) is 0 Å². The van der Waals surface area contributed by atoms with Crippen LogP contribution in [0.15, 0.2) is 47.1 Å². The predicted molar refractivity (Wildman–Crippen MR) is 95.5 cm³/mol. The average molecular weight is 348 g/mol. The van der Waals surface area contributed by atoms with Gasteiger partial charge in [-0.1, -0.05) is 5.16 Å². The highest BCUT2D eigenvalue weighted by Crippen LogP contribution is 2.39. The Morgan fingerprint density at radius 3 is 2.73 bits per heavy atom. The van der Waals surface area contributed by atoms with Crippen molar-refractivity contribution in [2.24, 2.45) is 0 Å². The van der Waals surface area contributed by atoms with Gasteiger partial charge in [-0.3, -0.25) is 4.79 Å². The lowest BCUT2D eigenvalue weighted by atomic mass is 10.1. The maximum Gasteiger partial charge on any atom is 0.257 e. The third kappa shape index (κ3) is 2.71. The van der Waals surface area contributed by atoms with Gasteiger partial charge in [0.05, 0.1) is 6.04 Å².